The lowest BCUT2D eigenvalue weighted by molar-refractivity contribution is -0.140. The van der Waals surface area contributed by atoms with Crippen molar-refractivity contribution in [3.63, 3.8) is 0 Å². The van der Waals surface area contributed by atoms with Crippen molar-refractivity contribution in [1.82, 2.24) is 24.6 Å². The number of hydrogen-bond donors (Lipinski definition) is 0. The number of aryl methyl sites for hydroxylation is 1. The van der Waals surface area contributed by atoms with E-state index in [1.807, 2.05) is 40.3 Å². The minimum absolute atomic E-state index is 0.0805. The van der Waals surface area contributed by atoms with Crippen LogP contribution in [0.1, 0.15) is 25.0 Å². The van der Waals surface area contributed by atoms with E-state index >= 15 is 0 Å². The number of rotatable bonds is 5. The first-order valence-electron chi connectivity index (χ1n) is 9.16. The fourth-order valence-electron chi connectivity index (χ4n) is 3.92. The Morgan fingerprint density at radius 2 is 2.08 bits per heavy atom. The minimum Gasteiger partial charge on any atom is -0.340 e. The molecule has 2 atom stereocenters. The lowest BCUT2D eigenvalue weighted by Crippen LogP contribution is -2.47. The second kappa shape index (κ2) is 7.27. The molecule has 2 unspecified atom stereocenters. The summed E-state index contributed by atoms with van der Waals surface area (Å²) in [5.41, 5.74) is 0.893. The molecule has 136 valence electrons. The zero-order valence-corrected chi connectivity index (χ0v) is 14.7. The molecule has 0 radical (unpaired) electrons. The van der Waals surface area contributed by atoms with Gasteiger partial charge in [0.25, 0.3) is 0 Å². The molecule has 7 heteroatoms. The van der Waals surface area contributed by atoms with Crippen LogP contribution in [0.3, 0.4) is 0 Å². The zero-order valence-electron chi connectivity index (χ0n) is 14.7. The number of piperidine rings is 1. The van der Waals surface area contributed by atoms with Gasteiger partial charge in [0.1, 0.15) is 0 Å². The topological polar surface area (TPSA) is 71.3 Å². The third-order valence-corrected chi connectivity index (χ3v) is 5.32. The predicted octanol–water partition coefficient (Wildman–Crippen LogP) is 1.32. The summed E-state index contributed by atoms with van der Waals surface area (Å²) >= 11 is 0. The van der Waals surface area contributed by atoms with Crippen LogP contribution in [0.4, 0.5) is 0 Å². The smallest absolute Gasteiger partial charge is 0.228 e. The van der Waals surface area contributed by atoms with Gasteiger partial charge in [-0.3, -0.25) is 19.3 Å². The Morgan fingerprint density at radius 1 is 1.15 bits per heavy atom. The largest absolute Gasteiger partial charge is 0.340 e. The van der Waals surface area contributed by atoms with E-state index in [1.54, 1.807) is 17.1 Å². The first-order valence-corrected chi connectivity index (χ1v) is 9.16. The van der Waals surface area contributed by atoms with E-state index < -0.39 is 0 Å². The highest BCUT2D eigenvalue weighted by molar-refractivity contribution is 5.83. The summed E-state index contributed by atoms with van der Waals surface area (Å²) < 4.78 is 1.77. The molecule has 3 saturated heterocycles. The van der Waals surface area contributed by atoms with Crippen LogP contribution in [0.2, 0.25) is 0 Å². The summed E-state index contributed by atoms with van der Waals surface area (Å²) in [4.78, 5) is 33.7. The Labute approximate surface area is 152 Å². The number of aromatic nitrogens is 3. The number of nitrogens with zero attached hydrogens (tertiary/aromatic N) is 5. The van der Waals surface area contributed by atoms with Gasteiger partial charge in [0.2, 0.25) is 11.8 Å². The number of hydrogen-bond acceptors (Lipinski definition) is 4. The molecule has 7 nitrogen and oxygen atoms in total. The summed E-state index contributed by atoms with van der Waals surface area (Å²) in [6.45, 7) is 2.25. The van der Waals surface area contributed by atoms with Gasteiger partial charge in [0.15, 0.2) is 0 Å². The van der Waals surface area contributed by atoms with Gasteiger partial charge in [-0.15, -0.1) is 0 Å². The van der Waals surface area contributed by atoms with Gasteiger partial charge in [-0.2, -0.15) is 5.10 Å². The summed E-state index contributed by atoms with van der Waals surface area (Å²) in [6, 6.07) is 7.69. The van der Waals surface area contributed by atoms with Crippen molar-refractivity contribution in [2.75, 3.05) is 13.1 Å². The summed E-state index contributed by atoms with van der Waals surface area (Å²) in [5.74, 6) is 0.172. The lowest BCUT2D eigenvalue weighted by atomic mass is 9.94. The van der Waals surface area contributed by atoms with Crippen molar-refractivity contribution in [1.29, 1.82) is 0 Å². The SMILES string of the molecule is O=C(CCn1cccn1)N1CC2CCC(C1)N(Cc1ccccn1)C2=O. The maximum Gasteiger partial charge on any atom is 0.228 e. The number of fused-ring (bicyclic) bond motifs is 4. The maximum absolute atomic E-state index is 12.9. The first-order chi connectivity index (χ1) is 12.7. The molecule has 3 fully saturated rings. The highest BCUT2D eigenvalue weighted by Crippen LogP contribution is 2.30. The molecular weight excluding hydrogens is 330 g/mol. The van der Waals surface area contributed by atoms with Crippen molar-refractivity contribution >= 4 is 11.8 Å². The lowest BCUT2D eigenvalue weighted by Gasteiger charge is -2.35. The van der Waals surface area contributed by atoms with Gasteiger partial charge in [0.05, 0.1) is 18.2 Å². The van der Waals surface area contributed by atoms with Gasteiger partial charge < -0.3 is 9.80 Å². The molecule has 0 aliphatic carbocycles. The fraction of sp³-hybridized carbons (Fsp3) is 0.474. The van der Waals surface area contributed by atoms with Gasteiger partial charge >= 0.3 is 0 Å². The molecule has 2 bridgehead atoms. The van der Waals surface area contributed by atoms with Crippen LogP contribution >= 0.6 is 0 Å². The van der Waals surface area contributed by atoms with Crippen molar-refractivity contribution in [2.24, 2.45) is 5.92 Å². The van der Waals surface area contributed by atoms with Crippen LogP contribution in [0.15, 0.2) is 42.9 Å². The molecule has 0 saturated carbocycles. The molecule has 5 heterocycles. The van der Waals surface area contributed by atoms with Crippen LogP contribution in [0.25, 0.3) is 0 Å². The molecule has 5 rings (SSSR count). The van der Waals surface area contributed by atoms with Crippen LogP contribution in [0.5, 0.6) is 0 Å². The Balaban J connectivity index is 1.43. The molecule has 3 aliphatic heterocycles. The molecule has 2 aromatic heterocycles. The van der Waals surface area contributed by atoms with Gasteiger partial charge in [-0.05, 0) is 31.0 Å². The maximum atomic E-state index is 12.9. The first kappa shape index (κ1) is 16.8. The quantitative estimate of drug-likeness (QED) is 0.813. The van der Waals surface area contributed by atoms with Crippen molar-refractivity contribution in [3.05, 3.63) is 48.5 Å². The molecule has 3 aliphatic rings. The summed E-state index contributed by atoms with van der Waals surface area (Å²) in [7, 11) is 0. The van der Waals surface area contributed by atoms with Gasteiger partial charge in [-0.1, -0.05) is 6.07 Å². The average molecular weight is 353 g/mol. The van der Waals surface area contributed by atoms with E-state index in [9.17, 15) is 9.59 Å². The zero-order chi connectivity index (χ0) is 17.9. The fourth-order valence-corrected chi connectivity index (χ4v) is 3.92. The van der Waals surface area contributed by atoms with Gasteiger partial charge in [0, 0.05) is 50.7 Å². The van der Waals surface area contributed by atoms with E-state index in [0.717, 1.165) is 18.5 Å². The number of pyridine rings is 1. The predicted molar refractivity (Wildman–Crippen MR) is 94.7 cm³/mol. The number of carbonyl (C=O) groups is 2. The van der Waals surface area contributed by atoms with Crippen molar-refractivity contribution in [2.45, 2.75) is 38.4 Å². The number of amides is 2. The highest BCUT2D eigenvalue weighted by Gasteiger charge is 2.41. The molecule has 26 heavy (non-hydrogen) atoms. The second-order valence-corrected chi connectivity index (χ2v) is 7.03. The van der Waals surface area contributed by atoms with Gasteiger partial charge in [-0.25, -0.2) is 0 Å². The average Bonchev–Trinajstić information content (AvgIpc) is 3.04. The monoisotopic (exact) mass is 353 g/mol. The Bertz CT molecular complexity index is 762. The van der Waals surface area contributed by atoms with E-state index in [2.05, 4.69) is 10.1 Å². The summed E-state index contributed by atoms with van der Waals surface area (Å²) in [6.07, 6.45) is 7.55. The minimum atomic E-state index is -0.0916. The Hall–Kier alpha value is -2.70. The highest BCUT2D eigenvalue weighted by atomic mass is 16.2. The normalized spacial score (nSPS) is 22.5. The third kappa shape index (κ3) is 3.47. The van der Waals surface area contributed by atoms with Crippen LogP contribution in [0, 0.1) is 5.92 Å². The van der Waals surface area contributed by atoms with E-state index in [4.69, 9.17) is 0 Å². The van der Waals surface area contributed by atoms with Crippen LogP contribution in [-0.2, 0) is 22.7 Å². The molecule has 0 spiro atoms. The number of carbonyl (C=O) groups excluding carboxylic acids is 2. The molecule has 2 aromatic rings. The Morgan fingerprint density at radius 3 is 2.85 bits per heavy atom. The van der Waals surface area contributed by atoms with E-state index in [-0.39, 0.29) is 23.8 Å². The molecule has 2 amide bonds. The van der Waals surface area contributed by atoms with Crippen molar-refractivity contribution in [3.8, 4) is 0 Å². The molecule has 0 N–H and O–H groups in total. The van der Waals surface area contributed by atoms with Crippen LogP contribution < -0.4 is 0 Å². The third-order valence-electron chi connectivity index (χ3n) is 5.32. The van der Waals surface area contributed by atoms with E-state index in [0.29, 0.717) is 32.6 Å². The molecular formula is C19H23N5O2. The molecule has 0 aromatic carbocycles. The standard InChI is InChI=1S/C19H23N5O2/c25-18(7-11-23-10-3-9-21-23)22-12-15-5-6-17(14-22)24(19(15)26)13-16-4-1-2-8-20-16/h1-4,8-10,15,17H,5-7,11-14H2. The summed E-state index contributed by atoms with van der Waals surface area (Å²) in [5, 5.41) is 4.14. The Kier molecular flexibility index (Phi) is 4.69. The van der Waals surface area contributed by atoms with Crippen LogP contribution in [-0.4, -0.2) is 55.5 Å². The second-order valence-electron chi connectivity index (χ2n) is 7.03. The van der Waals surface area contributed by atoms with E-state index in [1.165, 1.54) is 0 Å². The van der Waals surface area contributed by atoms with Crippen molar-refractivity contribution < 1.29 is 9.59 Å².